The monoisotopic (exact) mass is 236 g/mol. The Balaban J connectivity index is 2.46. The Kier molecular flexibility index (Phi) is 6.33. The van der Waals surface area contributed by atoms with E-state index in [2.05, 4.69) is 6.92 Å². The Labute approximate surface area is 103 Å². The van der Waals surface area contributed by atoms with Gasteiger partial charge in [-0.1, -0.05) is 25.5 Å². The van der Waals surface area contributed by atoms with Crippen molar-refractivity contribution in [2.24, 2.45) is 0 Å². The van der Waals surface area contributed by atoms with Gasteiger partial charge in [0, 0.05) is 7.11 Å². The van der Waals surface area contributed by atoms with Gasteiger partial charge in [-0.2, -0.15) is 0 Å². The molecule has 1 aromatic carbocycles. The summed E-state index contributed by atoms with van der Waals surface area (Å²) in [6.07, 6.45) is 3.42. The smallest absolute Gasteiger partial charge is 0.338 e. The number of rotatable bonds is 7. The molecular weight excluding hydrogens is 216 g/mol. The molecule has 0 N–H and O–H groups in total. The number of unbranched alkanes of at least 4 members (excludes halogenated alkanes) is 1. The third-order valence-corrected chi connectivity index (χ3v) is 2.53. The topological polar surface area (TPSA) is 35.5 Å². The van der Waals surface area contributed by atoms with Crippen LogP contribution in [-0.2, 0) is 15.9 Å². The Hall–Kier alpha value is -1.35. The van der Waals surface area contributed by atoms with Crippen LogP contribution in [0.2, 0.25) is 0 Å². The summed E-state index contributed by atoms with van der Waals surface area (Å²) in [4.78, 5) is 11.6. The van der Waals surface area contributed by atoms with Crippen molar-refractivity contribution in [3.63, 3.8) is 0 Å². The van der Waals surface area contributed by atoms with Crippen molar-refractivity contribution in [3.05, 3.63) is 35.4 Å². The highest BCUT2D eigenvalue weighted by atomic mass is 16.6. The summed E-state index contributed by atoms with van der Waals surface area (Å²) in [6, 6.07) is 7.62. The molecular formula is C14H20O3. The van der Waals surface area contributed by atoms with Crippen LogP contribution in [0.5, 0.6) is 0 Å². The first kappa shape index (κ1) is 13.7. The lowest BCUT2D eigenvalue weighted by Crippen LogP contribution is -2.09. The number of hydrogen-bond acceptors (Lipinski definition) is 3. The predicted octanol–water partition coefficient (Wildman–Crippen LogP) is 2.83. The van der Waals surface area contributed by atoms with E-state index in [1.165, 1.54) is 18.4 Å². The lowest BCUT2D eigenvalue weighted by molar-refractivity contribution is 0.0388. The van der Waals surface area contributed by atoms with Gasteiger partial charge in [0.15, 0.2) is 0 Å². The Morgan fingerprint density at radius 3 is 2.47 bits per heavy atom. The first-order valence-electron chi connectivity index (χ1n) is 6.03. The summed E-state index contributed by atoms with van der Waals surface area (Å²) in [6.45, 7) is 2.90. The molecule has 0 fully saturated rings. The van der Waals surface area contributed by atoms with Gasteiger partial charge < -0.3 is 9.47 Å². The van der Waals surface area contributed by atoms with Crippen LogP contribution in [0.15, 0.2) is 24.3 Å². The van der Waals surface area contributed by atoms with Gasteiger partial charge in [-0.25, -0.2) is 4.79 Å². The molecule has 0 spiro atoms. The van der Waals surface area contributed by atoms with Gasteiger partial charge in [-0.15, -0.1) is 0 Å². The largest absolute Gasteiger partial charge is 0.460 e. The second-order valence-corrected chi connectivity index (χ2v) is 3.93. The minimum absolute atomic E-state index is 0.288. The van der Waals surface area contributed by atoms with Crippen molar-refractivity contribution in [2.45, 2.75) is 26.2 Å². The molecule has 94 valence electrons. The highest BCUT2D eigenvalue weighted by Crippen LogP contribution is 2.08. The second kappa shape index (κ2) is 7.85. The number of hydrogen-bond donors (Lipinski definition) is 0. The second-order valence-electron chi connectivity index (χ2n) is 3.93. The van der Waals surface area contributed by atoms with Gasteiger partial charge in [0.25, 0.3) is 0 Å². The van der Waals surface area contributed by atoms with Crippen molar-refractivity contribution in [3.8, 4) is 0 Å². The average Bonchev–Trinajstić information content (AvgIpc) is 2.37. The molecule has 3 heteroatoms. The molecule has 0 bridgehead atoms. The summed E-state index contributed by atoms with van der Waals surface area (Å²) in [7, 11) is 1.58. The number of carbonyl (C=O) groups excluding carboxylic acids is 1. The molecule has 3 nitrogen and oxygen atoms in total. The molecule has 0 saturated carbocycles. The van der Waals surface area contributed by atoms with E-state index in [4.69, 9.17) is 9.47 Å². The first-order chi connectivity index (χ1) is 8.27. The maximum Gasteiger partial charge on any atom is 0.338 e. The molecule has 0 aliphatic rings. The SMILES string of the molecule is CCCCc1ccc(C(=O)OCCOC)cc1. The number of esters is 1. The van der Waals surface area contributed by atoms with Crippen molar-refractivity contribution in [2.75, 3.05) is 20.3 Å². The highest BCUT2D eigenvalue weighted by Gasteiger charge is 2.06. The molecule has 0 amide bonds. The van der Waals surface area contributed by atoms with Crippen LogP contribution in [0.4, 0.5) is 0 Å². The van der Waals surface area contributed by atoms with E-state index in [0.29, 0.717) is 18.8 Å². The third-order valence-electron chi connectivity index (χ3n) is 2.53. The highest BCUT2D eigenvalue weighted by molar-refractivity contribution is 5.89. The summed E-state index contributed by atoms with van der Waals surface area (Å²) in [5.74, 6) is -0.288. The molecule has 0 unspecified atom stereocenters. The maximum atomic E-state index is 11.6. The zero-order valence-electron chi connectivity index (χ0n) is 10.6. The van der Waals surface area contributed by atoms with E-state index in [9.17, 15) is 4.79 Å². The van der Waals surface area contributed by atoms with Gasteiger partial charge in [-0.3, -0.25) is 0 Å². The number of methoxy groups -OCH3 is 1. The van der Waals surface area contributed by atoms with Crippen molar-refractivity contribution in [1.82, 2.24) is 0 Å². The van der Waals surface area contributed by atoms with Gasteiger partial charge in [0.1, 0.15) is 6.61 Å². The zero-order chi connectivity index (χ0) is 12.5. The zero-order valence-corrected chi connectivity index (χ0v) is 10.6. The lowest BCUT2D eigenvalue weighted by Gasteiger charge is -2.05. The van der Waals surface area contributed by atoms with Crippen molar-refractivity contribution >= 4 is 5.97 Å². The summed E-state index contributed by atoms with van der Waals surface area (Å²) >= 11 is 0. The van der Waals surface area contributed by atoms with E-state index < -0.39 is 0 Å². The van der Waals surface area contributed by atoms with Crippen molar-refractivity contribution in [1.29, 1.82) is 0 Å². The van der Waals surface area contributed by atoms with E-state index in [-0.39, 0.29) is 5.97 Å². The molecule has 0 radical (unpaired) electrons. The molecule has 17 heavy (non-hydrogen) atoms. The number of aryl methyl sites for hydroxylation is 1. The number of carbonyl (C=O) groups is 1. The minimum Gasteiger partial charge on any atom is -0.460 e. The van der Waals surface area contributed by atoms with Crippen LogP contribution >= 0.6 is 0 Å². The summed E-state index contributed by atoms with van der Waals surface area (Å²) in [5, 5.41) is 0. The first-order valence-corrected chi connectivity index (χ1v) is 6.03. The van der Waals surface area contributed by atoms with Crippen LogP contribution in [0.3, 0.4) is 0 Å². The van der Waals surface area contributed by atoms with E-state index in [0.717, 1.165) is 6.42 Å². The van der Waals surface area contributed by atoms with Crippen LogP contribution in [0.1, 0.15) is 35.7 Å². The van der Waals surface area contributed by atoms with E-state index >= 15 is 0 Å². The van der Waals surface area contributed by atoms with Gasteiger partial charge >= 0.3 is 5.97 Å². The standard InChI is InChI=1S/C14H20O3/c1-3-4-5-12-6-8-13(9-7-12)14(15)17-11-10-16-2/h6-9H,3-5,10-11H2,1-2H3. The molecule has 1 aromatic rings. The molecule has 0 atom stereocenters. The average molecular weight is 236 g/mol. The predicted molar refractivity (Wildman–Crippen MR) is 67.2 cm³/mol. The summed E-state index contributed by atoms with van der Waals surface area (Å²) in [5.41, 5.74) is 1.86. The third kappa shape index (κ3) is 5.00. The van der Waals surface area contributed by atoms with E-state index in [1.54, 1.807) is 7.11 Å². The fraction of sp³-hybridized carbons (Fsp3) is 0.500. The number of benzene rings is 1. The van der Waals surface area contributed by atoms with Gasteiger partial charge in [0.2, 0.25) is 0 Å². The maximum absolute atomic E-state index is 11.6. The fourth-order valence-corrected chi connectivity index (χ4v) is 1.49. The van der Waals surface area contributed by atoms with Gasteiger partial charge in [-0.05, 0) is 30.5 Å². The molecule has 1 rings (SSSR count). The van der Waals surface area contributed by atoms with Crippen molar-refractivity contribution < 1.29 is 14.3 Å². The Bertz CT molecular complexity index is 330. The van der Waals surface area contributed by atoms with Crippen LogP contribution in [0, 0.1) is 0 Å². The van der Waals surface area contributed by atoms with Crippen LogP contribution in [-0.4, -0.2) is 26.3 Å². The molecule has 0 aromatic heterocycles. The summed E-state index contributed by atoms with van der Waals surface area (Å²) < 4.78 is 9.84. The molecule has 0 aliphatic heterocycles. The fourth-order valence-electron chi connectivity index (χ4n) is 1.49. The Morgan fingerprint density at radius 2 is 1.88 bits per heavy atom. The number of ether oxygens (including phenoxy) is 2. The van der Waals surface area contributed by atoms with Gasteiger partial charge in [0.05, 0.1) is 12.2 Å². The normalized spacial score (nSPS) is 10.2. The quantitative estimate of drug-likeness (QED) is 0.539. The van der Waals surface area contributed by atoms with E-state index in [1.807, 2.05) is 24.3 Å². The van der Waals surface area contributed by atoms with Crippen LogP contribution < -0.4 is 0 Å². The molecule has 0 heterocycles. The Morgan fingerprint density at radius 1 is 1.18 bits per heavy atom. The lowest BCUT2D eigenvalue weighted by atomic mass is 10.1. The minimum atomic E-state index is -0.288. The molecule has 0 saturated heterocycles. The molecule has 0 aliphatic carbocycles. The van der Waals surface area contributed by atoms with Crippen LogP contribution in [0.25, 0.3) is 0 Å².